The molecule has 0 aliphatic heterocycles. The molecule has 0 spiro atoms. The highest BCUT2D eigenvalue weighted by atomic mass is 35.5. The van der Waals surface area contributed by atoms with Crippen molar-refractivity contribution in [3.63, 3.8) is 0 Å². The lowest BCUT2D eigenvalue weighted by Gasteiger charge is -2.21. The van der Waals surface area contributed by atoms with Crippen LogP contribution in [0.2, 0.25) is 5.02 Å². The first-order chi connectivity index (χ1) is 23.0. The lowest BCUT2D eigenvalue weighted by Crippen LogP contribution is -2.27. The van der Waals surface area contributed by atoms with Crippen molar-refractivity contribution in [3.05, 3.63) is 95.1 Å². The van der Waals surface area contributed by atoms with Gasteiger partial charge in [-0.05, 0) is 49.2 Å². The van der Waals surface area contributed by atoms with Crippen LogP contribution in [0.25, 0.3) is 0 Å². The molecule has 2 aromatic carbocycles. The standard InChI is InChI=1S/C34H42ClN5O7/c1-42-21-22-43-23-24-44-25-26-46-34(41)47-32(28-9-5-4-6-10-28)39-18-15-30(16-19-39)38-33(37)40(27-36)17-7-2-3-8-20-45-31-13-11-29(35)12-14-31/h4-6,9-16,18-19,32,37H,2-3,7-8,17,20-26H2,1H3. The Balaban J connectivity index is 1.45. The van der Waals surface area contributed by atoms with E-state index in [4.69, 9.17) is 45.4 Å². The first kappa shape index (κ1) is 37.1. The fraction of sp³-hybridized carbons (Fsp3) is 0.412. The highest BCUT2D eigenvalue weighted by Crippen LogP contribution is 2.20. The number of carbonyl (C=O) groups excluding carboxylic acids is 1. The minimum atomic E-state index is -0.847. The Morgan fingerprint density at radius 3 is 2.23 bits per heavy atom. The lowest BCUT2D eigenvalue weighted by atomic mass is 10.2. The van der Waals surface area contributed by atoms with Crippen molar-refractivity contribution in [2.45, 2.75) is 31.9 Å². The number of methoxy groups -OCH3 is 1. The van der Waals surface area contributed by atoms with Gasteiger partial charge in [0.1, 0.15) is 12.4 Å². The number of nitriles is 1. The van der Waals surface area contributed by atoms with Crippen molar-refractivity contribution in [3.8, 4) is 11.9 Å². The van der Waals surface area contributed by atoms with Gasteiger partial charge in [-0.15, -0.1) is 0 Å². The third kappa shape index (κ3) is 14.7. The molecule has 0 aliphatic rings. The second kappa shape index (κ2) is 22.2. The van der Waals surface area contributed by atoms with Crippen molar-refractivity contribution >= 4 is 23.7 Å². The van der Waals surface area contributed by atoms with Gasteiger partial charge in [0.25, 0.3) is 0 Å². The van der Waals surface area contributed by atoms with Crippen LogP contribution >= 0.6 is 11.6 Å². The van der Waals surface area contributed by atoms with E-state index >= 15 is 0 Å². The first-order valence-corrected chi connectivity index (χ1v) is 15.8. The van der Waals surface area contributed by atoms with Gasteiger partial charge in [0.15, 0.2) is 6.19 Å². The molecule has 12 nitrogen and oxygen atoms in total. The van der Waals surface area contributed by atoms with Crippen molar-refractivity contribution in [2.24, 2.45) is 4.99 Å². The number of carbonyl (C=O) groups is 1. The average molecular weight is 668 g/mol. The zero-order chi connectivity index (χ0) is 33.5. The third-order valence-corrected chi connectivity index (χ3v) is 6.87. The zero-order valence-corrected chi connectivity index (χ0v) is 27.3. The molecule has 3 rings (SSSR count). The van der Waals surface area contributed by atoms with Gasteiger partial charge in [0.2, 0.25) is 12.2 Å². The minimum Gasteiger partial charge on any atom is -0.494 e. The van der Waals surface area contributed by atoms with E-state index in [1.165, 1.54) is 4.90 Å². The van der Waals surface area contributed by atoms with Gasteiger partial charge in [-0.2, -0.15) is 5.26 Å². The van der Waals surface area contributed by atoms with Gasteiger partial charge in [-0.3, -0.25) is 5.41 Å². The summed E-state index contributed by atoms with van der Waals surface area (Å²) in [5.41, 5.74) is 0.725. The zero-order valence-electron chi connectivity index (χ0n) is 26.6. The van der Waals surface area contributed by atoms with E-state index in [2.05, 4.69) is 4.99 Å². The maximum absolute atomic E-state index is 12.5. The number of benzene rings is 2. The van der Waals surface area contributed by atoms with Gasteiger partial charge < -0.3 is 33.0 Å². The van der Waals surface area contributed by atoms with E-state index < -0.39 is 12.4 Å². The Hall–Kier alpha value is -4.41. The number of ether oxygens (including phenoxy) is 6. The van der Waals surface area contributed by atoms with Crippen LogP contribution in [0.4, 0.5) is 4.79 Å². The summed E-state index contributed by atoms with van der Waals surface area (Å²) >= 11 is 5.89. The van der Waals surface area contributed by atoms with Crippen molar-refractivity contribution in [2.75, 3.05) is 59.9 Å². The molecule has 1 N–H and O–H groups in total. The smallest absolute Gasteiger partial charge is 0.494 e. The summed E-state index contributed by atoms with van der Waals surface area (Å²) in [6.45, 7) is 3.01. The van der Waals surface area contributed by atoms with Gasteiger partial charge >= 0.3 is 6.16 Å². The molecule has 1 heterocycles. The van der Waals surface area contributed by atoms with E-state index in [1.807, 2.05) is 48.7 Å². The van der Waals surface area contributed by atoms with Crippen molar-refractivity contribution in [1.82, 2.24) is 9.47 Å². The largest absolute Gasteiger partial charge is 0.510 e. The van der Waals surface area contributed by atoms with Gasteiger partial charge in [0.05, 0.1) is 45.0 Å². The molecule has 1 aromatic heterocycles. The normalized spacial score (nSPS) is 11.3. The van der Waals surface area contributed by atoms with Gasteiger partial charge in [-0.25, -0.2) is 14.7 Å². The highest BCUT2D eigenvalue weighted by Gasteiger charge is 2.19. The molecule has 0 saturated carbocycles. The summed E-state index contributed by atoms with van der Waals surface area (Å²) in [7, 11) is 1.61. The summed E-state index contributed by atoms with van der Waals surface area (Å²) in [6.07, 6.45) is 7.21. The van der Waals surface area contributed by atoms with Crippen LogP contribution in [-0.2, 0) is 23.7 Å². The number of aromatic nitrogens is 1. The van der Waals surface area contributed by atoms with E-state index in [0.717, 1.165) is 37.0 Å². The Bertz CT molecular complexity index is 1430. The Morgan fingerprint density at radius 2 is 1.55 bits per heavy atom. The van der Waals surface area contributed by atoms with Crippen molar-refractivity contribution < 1.29 is 33.2 Å². The molecule has 3 aromatic rings. The Morgan fingerprint density at radius 1 is 0.894 bits per heavy atom. The number of hydrogen-bond donors (Lipinski definition) is 1. The topological polar surface area (TPSA) is 141 Å². The molecule has 1 unspecified atom stereocenters. The summed E-state index contributed by atoms with van der Waals surface area (Å²) in [5, 5.41) is 19.1. The van der Waals surface area contributed by atoms with Crippen LogP contribution in [0, 0.1) is 16.9 Å². The molecule has 0 amide bonds. The number of pyridine rings is 1. The highest BCUT2D eigenvalue weighted by molar-refractivity contribution is 6.30. The number of halogens is 1. The summed E-state index contributed by atoms with van der Waals surface area (Å²) < 4.78 is 33.9. The third-order valence-electron chi connectivity index (χ3n) is 6.62. The van der Waals surface area contributed by atoms with Crippen LogP contribution in [-0.4, -0.2) is 81.5 Å². The van der Waals surface area contributed by atoms with E-state index in [-0.39, 0.29) is 19.2 Å². The quantitative estimate of drug-likeness (QED) is 0.0396. The maximum atomic E-state index is 12.5. The average Bonchev–Trinajstić information content (AvgIpc) is 3.09. The molecule has 0 saturated heterocycles. The lowest BCUT2D eigenvalue weighted by molar-refractivity contribution is -0.0139. The second-order valence-electron chi connectivity index (χ2n) is 10.1. The molecule has 252 valence electrons. The number of hydrogen-bond acceptors (Lipinski definition) is 9. The summed E-state index contributed by atoms with van der Waals surface area (Å²) in [6, 6.07) is 19.8. The molecule has 1 atom stereocenters. The minimum absolute atomic E-state index is 0.0249. The summed E-state index contributed by atoms with van der Waals surface area (Å²) in [5.74, 6) is 0.630. The number of nitrogens with one attached hydrogen (secondary N) is 1. The number of unbranched alkanes of at least 4 members (excludes halogenated alkanes) is 3. The maximum Gasteiger partial charge on any atom is 0.510 e. The molecule has 0 radical (unpaired) electrons. The fourth-order valence-corrected chi connectivity index (χ4v) is 4.31. The van der Waals surface area contributed by atoms with Gasteiger partial charge in [-0.1, -0.05) is 54.8 Å². The molecular formula is C34H42ClN5O7. The van der Waals surface area contributed by atoms with Gasteiger partial charge in [0, 0.05) is 36.6 Å². The van der Waals surface area contributed by atoms with E-state index in [0.29, 0.717) is 50.0 Å². The van der Waals surface area contributed by atoms with Crippen LogP contribution < -0.4 is 10.1 Å². The van der Waals surface area contributed by atoms with Crippen LogP contribution in [0.1, 0.15) is 37.5 Å². The number of guanidine groups is 1. The predicted molar refractivity (Wildman–Crippen MR) is 176 cm³/mol. The van der Waals surface area contributed by atoms with E-state index in [9.17, 15) is 10.1 Å². The fourth-order valence-electron chi connectivity index (χ4n) is 4.19. The Kier molecular flexibility index (Phi) is 17.5. The molecule has 0 aliphatic carbocycles. The first-order valence-electron chi connectivity index (χ1n) is 15.4. The van der Waals surface area contributed by atoms with E-state index in [1.54, 1.807) is 48.3 Å². The van der Waals surface area contributed by atoms with Crippen LogP contribution in [0.5, 0.6) is 5.75 Å². The SMILES string of the molecule is COCCOCCOCCOC(=O)OC(c1ccccc1)n1ccc(=NC(=N)N(C#N)CCCCCCOc2ccc(Cl)cc2)cc1. The Labute approximate surface area is 280 Å². The van der Waals surface area contributed by atoms with Crippen molar-refractivity contribution in [1.29, 1.82) is 10.7 Å². The molecule has 47 heavy (non-hydrogen) atoms. The van der Waals surface area contributed by atoms with Crippen LogP contribution in [0.15, 0.2) is 84.1 Å². The molecule has 0 bridgehead atoms. The molecule has 13 heteroatoms. The number of nitrogens with zero attached hydrogens (tertiary/aromatic N) is 4. The predicted octanol–water partition coefficient (Wildman–Crippen LogP) is 5.78. The second-order valence-corrected chi connectivity index (χ2v) is 10.5. The summed E-state index contributed by atoms with van der Waals surface area (Å²) in [4.78, 5) is 18.1. The molecular weight excluding hydrogens is 626 g/mol. The molecule has 0 fully saturated rings. The van der Waals surface area contributed by atoms with Crippen LogP contribution in [0.3, 0.4) is 0 Å². The monoisotopic (exact) mass is 667 g/mol. The number of rotatable bonds is 20.